The second kappa shape index (κ2) is 5.71. The number of aryl methyl sites for hydroxylation is 1. The lowest BCUT2D eigenvalue weighted by molar-refractivity contribution is 0.101. The van der Waals surface area contributed by atoms with Crippen molar-refractivity contribution in [3.63, 3.8) is 0 Å². The molecule has 2 aromatic carbocycles. The summed E-state index contributed by atoms with van der Waals surface area (Å²) in [5.41, 5.74) is 0.514. The molecule has 0 radical (unpaired) electrons. The Hall–Kier alpha value is -1.75. The fraction of sp³-hybridized carbons (Fsp3) is 0.133. The Bertz CT molecular complexity index is 684. The second-order valence-corrected chi connectivity index (χ2v) is 5.19. The van der Waals surface area contributed by atoms with E-state index in [1.807, 2.05) is 0 Å². The maximum atomic E-state index is 13.5. The van der Waals surface area contributed by atoms with Crippen molar-refractivity contribution >= 4 is 21.7 Å². The molecular formula is C15H11BrF2O2. The normalized spacial score (nSPS) is 10.4. The maximum Gasteiger partial charge on any atom is 0.163 e. The molecule has 0 N–H and O–H groups in total. The van der Waals surface area contributed by atoms with Crippen LogP contribution in [0.2, 0.25) is 0 Å². The van der Waals surface area contributed by atoms with E-state index in [0.29, 0.717) is 11.3 Å². The van der Waals surface area contributed by atoms with Crippen LogP contribution in [0, 0.1) is 18.6 Å². The maximum absolute atomic E-state index is 13.5. The van der Waals surface area contributed by atoms with E-state index in [-0.39, 0.29) is 21.6 Å². The number of benzene rings is 2. The number of halogens is 3. The van der Waals surface area contributed by atoms with Gasteiger partial charge in [-0.25, -0.2) is 8.78 Å². The van der Waals surface area contributed by atoms with E-state index in [4.69, 9.17) is 4.74 Å². The Kier molecular flexibility index (Phi) is 4.18. The van der Waals surface area contributed by atoms with Gasteiger partial charge in [-0.05, 0) is 65.7 Å². The Morgan fingerprint density at radius 2 is 1.85 bits per heavy atom. The van der Waals surface area contributed by atoms with Crippen molar-refractivity contribution in [2.24, 2.45) is 0 Å². The predicted octanol–water partition coefficient (Wildman–Crippen LogP) is 5.03. The number of Topliss-reactive ketones (excluding diaryl/α,β-unsaturated/α-hetero) is 1. The summed E-state index contributed by atoms with van der Waals surface area (Å²) < 4.78 is 32.5. The summed E-state index contributed by atoms with van der Waals surface area (Å²) in [6, 6.07) is 6.71. The van der Waals surface area contributed by atoms with E-state index in [0.717, 1.165) is 6.07 Å². The van der Waals surface area contributed by atoms with Gasteiger partial charge in [0, 0.05) is 0 Å². The lowest BCUT2D eigenvalue weighted by Crippen LogP contribution is -2.00. The Morgan fingerprint density at radius 3 is 2.45 bits per heavy atom. The fourth-order valence-corrected chi connectivity index (χ4v) is 2.04. The van der Waals surface area contributed by atoms with E-state index < -0.39 is 11.6 Å². The van der Waals surface area contributed by atoms with Crippen LogP contribution in [-0.2, 0) is 0 Å². The van der Waals surface area contributed by atoms with Gasteiger partial charge >= 0.3 is 0 Å². The third-order valence-electron chi connectivity index (χ3n) is 2.76. The topological polar surface area (TPSA) is 26.3 Å². The molecular weight excluding hydrogens is 330 g/mol. The minimum Gasteiger partial charge on any atom is -0.457 e. The average Bonchev–Trinajstić information content (AvgIpc) is 2.37. The van der Waals surface area contributed by atoms with Gasteiger partial charge in [0.1, 0.15) is 23.1 Å². The molecule has 2 rings (SSSR count). The van der Waals surface area contributed by atoms with Crippen molar-refractivity contribution in [1.29, 1.82) is 0 Å². The molecule has 2 aromatic rings. The number of ether oxygens (including phenoxy) is 1. The molecule has 0 atom stereocenters. The smallest absolute Gasteiger partial charge is 0.163 e. The summed E-state index contributed by atoms with van der Waals surface area (Å²) in [7, 11) is 0. The highest BCUT2D eigenvalue weighted by atomic mass is 79.9. The average molecular weight is 341 g/mol. The number of hydrogen-bond donors (Lipinski definition) is 0. The second-order valence-electron chi connectivity index (χ2n) is 4.33. The number of ketones is 1. The Labute approximate surface area is 123 Å². The van der Waals surface area contributed by atoms with E-state index in [1.165, 1.54) is 31.2 Å². The summed E-state index contributed by atoms with van der Waals surface area (Å²) in [6.07, 6.45) is 0. The van der Waals surface area contributed by atoms with Crippen LogP contribution >= 0.6 is 15.9 Å². The third-order valence-corrected chi connectivity index (χ3v) is 3.37. The van der Waals surface area contributed by atoms with Crippen molar-refractivity contribution in [1.82, 2.24) is 0 Å². The van der Waals surface area contributed by atoms with Gasteiger partial charge in [0.15, 0.2) is 5.78 Å². The molecule has 104 valence electrons. The van der Waals surface area contributed by atoms with Gasteiger partial charge in [0.2, 0.25) is 0 Å². The van der Waals surface area contributed by atoms with Gasteiger partial charge in [0.25, 0.3) is 0 Å². The lowest BCUT2D eigenvalue weighted by atomic mass is 10.1. The molecule has 0 aromatic heterocycles. The molecule has 0 amide bonds. The van der Waals surface area contributed by atoms with Crippen molar-refractivity contribution < 1.29 is 18.3 Å². The van der Waals surface area contributed by atoms with Gasteiger partial charge < -0.3 is 4.74 Å². The zero-order chi connectivity index (χ0) is 14.9. The Balaban J connectivity index is 2.44. The first kappa shape index (κ1) is 14.7. The largest absolute Gasteiger partial charge is 0.457 e. The van der Waals surface area contributed by atoms with Gasteiger partial charge in [-0.15, -0.1) is 0 Å². The molecule has 0 heterocycles. The molecule has 0 aliphatic carbocycles. The van der Waals surface area contributed by atoms with Crippen LogP contribution in [0.4, 0.5) is 8.78 Å². The van der Waals surface area contributed by atoms with Crippen molar-refractivity contribution in [2.75, 3.05) is 0 Å². The monoisotopic (exact) mass is 340 g/mol. The van der Waals surface area contributed by atoms with Crippen molar-refractivity contribution in [3.8, 4) is 11.5 Å². The molecule has 20 heavy (non-hydrogen) atoms. The minimum absolute atomic E-state index is 0.147. The summed E-state index contributed by atoms with van der Waals surface area (Å²) in [4.78, 5) is 11.5. The standard InChI is InChI=1S/C15H11BrF2O2/c1-8-5-15(11(9(2)19)7-14(8)18)20-10-3-4-13(17)12(16)6-10/h3-7H,1-2H3. The van der Waals surface area contributed by atoms with Crippen molar-refractivity contribution in [2.45, 2.75) is 13.8 Å². The lowest BCUT2D eigenvalue weighted by Gasteiger charge is -2.11. The molecule has 0 saturated carbocycles. The fourth-order valence-electron chi connectivity index (χ4n) is 1.68. The van der Waals surface area contributed by atoms with E-state index in [9.17, 15) is 13.6 Å². The quantitative estimate of drug-likeness (QED) is 0.732. The van der Waals surface area contributed by atoms with Gasteiger partial charge in [-0.3, -0.25) is 4.79 Å². The zero-order valence-corrected chi connectivity index (χ0v) is 12.4. The van der Waals surface area contributed by atoms with E-state index >= 15 is 0 Å². The van der Waals surface area contributed by atoms with Crippen LogP contribution in [0.15, 0.2) is 34.8 Å². The van der Waals surface area contributed by atoms with Gasteiger partial charge in [-0.1, -0.05) is 0 Å². The summed E-state index contributed by atoms with van der Waals surface area (Å²) in [5, 5.41) is 0. The molecule has 0 fully saturated rings. The number of rotatable bonds is 3. The molecule has 0 saturated heterocycles. The molecule has 2 nitrogen and oxygen atoms in total. The number of carbonyl (C=O) groups excluding carboxylic acids is 1. The molecule has 0 spiro atoms. The van der Waals surface area contributed by atoms with Crippen LogP contribution in [0.1, 0.15) is 22.8 Å². The molecule has 0 bridgehead atoms. The first-order valence-corrected chi connectivity index (χ1v) is 6.62. The van der Waals surface area contributed by atoms with Gasteiger partial charge in [0.05, 0.1) is 10.0 Å². The van der Waals surface area contributed by atoms with Crippen molar-refractivity contribution in [3.05, 3.63) is 57.6 Å². The first-order chi connectivity index (χ1) is 9.38. The van der Waals surface area contributed by atoms with Gasteiger partial charge in [-0.2, -0.15) is 0 Å². The highest BCUT2D eigenvalue weighted by Gasteiger charge is 2.14. The van der Waals surface area contributed by atoms with Crippen LogP contribution in [-0.4, -0.2) is 5.78 Å². The highest BCUT2D eigenvalue weighted by molar-refractivity contribution is 9.10. The minimum atomic E-state index is -0.470. The summed E-state index contributed by atoms with van der Waals surface area (Å²) in [5.74, 6) is -0.593. The highest BCUT2D eigenvalue weighted by Crippen LogP contribution is 2.30. The zero-order valence-electron chi connectivity index (χ0n) is 10.8. The van der Waals surface area contributed by atoms with Crippen LogP contribution in [0.3, 0.4) is 0 Å². The molecule has 0 aliphatic rings. The van der Waals surface area contributed by atoms with Crippen LogP contribution < -0.4 is 4.74 Å². The van der Waals surface area contributed by atoms with E-state index in [2.05, 4.69) is 15.9 Å². The SMILES string of the molecule is CC(=O)c1cc(F)c(C)cc1Oc1ccc(F)c(Br)c1. The first-order valence-electron chi connectivity index (χ1n) is 5.82. The van der Waals surface area contributed by atoms with E-state index in [1.54, 1.807) is 6.92 Å². The number of carbonyl (C=O) groups is 1. The molecule has 0 unspecified atom stereocenters. The summed E-state index contributed by atoms with van der Waals surface area (Å²) in [6.45, 7) is 2.91. The Morgan fingerprint density at radius 1 is 1.15 bits per heavy atom. The molecule has 0 aliphatic heterocycles. The number of hydrogen-bond acceptors (Lipinski definition) is 2. The predicted molar refractivity (Wildman–Crippen MR) is 75.3 cm³/mol. The third kappa shape index (κ3) is 3.04. The van der Waals surface area contributed by atoms with Crippen LogP contribution in [0.25, 0.3) is 0 Å². The summed E-state index contributed by atoms with van der Waals surface area (Å²) >= 11 is 3.05. The molecule has 5 heteroatoms. The van der Waals surface area contributed by atoms with Crippen LogP contribution in [0.5, 0.6) is 11.5 Å².